The molecule has 10 rings (SSSR count). The zero-order valence-electron chi connectivity index (χ0n) is 24.6. The number of hydrogen-bond donors (Lipinski definition) is 0. The van der Waals surface area contributed by atoms with E-state index >= 15 is 0 Å². The zero-order valence-corrected chi connectivity index (χ0v) is 24.6. The molecular formula is C42H24N4. The van der Waals surface area contributed by atoms with Gasteiger partial charge in [0.1, 0.15) is 0 Å². The first-order valence-electron chi connectivity index (χ1n) is 15.5. The van der Waals surface area contributed by atoms with Crippen molar-refractivity contribution < 1.29 is 0 Å². The van der Waals surface area contributed by atoms with Crippen molar-refractivity contribution in [1.29, 1.82) is 0 Å². The van der Waals surface area contributed by atoms with E-state index in [1.807, 2.05) is 42.6 Å². The monoisotopic (exact) mass is 584 g/mol. The summed E-state index contributed by atoms with van der Waals surface area (Å²) in [6.07, 6.45) is 1.82. The van der Waals surface area contributed by atoms with Gasteiger partial charge in [0.05, 0.1) is 39.3 Å². The van der Waals surface area contributed by atoms with Crippen LogP contribution in [0.4, 0.5) is 0 Å². The molecule has 4 heteroatoms. The number of nitrogens with zero attached hydrogens (tertiary/aromatic N) is 4. The molecule has 0 bridgehead atoms. The van der Waals surface area contributed by atoms with Crippen molar-refractivity contribution in [2.24, 2.45) is 0 Å². The molecule has 0 N–H and O–H groups in total. The van der Waals surface area contributed by atoms with Gasteiger partial charge >= 0.3 is 0 Å². The van der Waals surface area contributed by atoms with Crippen molar-refractivity contribution in [2.45, 2.75) is 0 Å². The van der Waals surface area contributed by atoms with Crippen molar-refractivity contribution in [2.75, 3.05) is 0 Å². The molecule has 0 saturated heterocycles. The van der Waals surface area contributed by atoms with E-state index in [-0.39, 0.29) is 0 Å². The third-order valence-corrected chi connectivity index (χ3v) is 9.23. The summed E-state index contributed by atoms with van der Waals surface area (Å²) in [7, 11) is 0. The van der Waals surface area contributed by atoms with Gasteiger partial charge in [-0.1, -0.05) is 91.0 Å². The average Bonchev–Trinajstić information content (AvgIpc) is 3.45. The first-order chi connectivity index (χ1) is 22.8. The van der Waals surface area contributed by atoms with E-state index in [2.05, 4.69) is 108 Å². The molecule has 4 heterocycles. The van der Waals surface area contributed by atoms with Gasteiger partial charge in [-0.2, -0.15) is 0 Å². The highest BCUT2D eigenvalue weighted by Crippen LogP contribution is 2.48. The van der Waals surface area contributed by atoms with Gasteiger partial charge in [-0.3, -0.25) is 4.98 Å². The van der Waals surface area contributed by atoms with Gasteiger partial charge in [-0.25, -0.2) is 15.0 Å². The predicted molar refractivity (Wildman–Crippen MR) is 188 cm³/mol. The minimum absolute atomic E-state index is 0.819. The minimum Gasteiger partial charge on any atom is -0.256 e. The maximum atomic E-state index is 5.24. The van der Waals surface area contributed by atoms with Gasteiger partial charge in [-0.15, -0.1) is 0 Å². The van der Waals surface area contributed by atoms with Crippen LogP contribution in [0.15, 0.2) is 146 Å². The van der Waals surface area contributed by atoms with E-state index in [9.17, 15) is 0 Å². The second kappa shape index (κ2) is 9.62. The lowest BCUT2D eigenvalue weighted by molar-refractivity contribution is 1.27. The second-order valence-corrected chi connectivity index (χ2v) is 11.9. The fourth-order valence-electron chi connectivity index (χ4n) is 7.00. The van der Waals surface area contributed by atoms with E-state index in [0.29, 0.717) is 0 Å². The number of rotatable bonds is 3. The Balaban J connectivity index is 1.08. The average molecular weight is 585 g/mol. The van der Waals surface area contributed by atoms with Gasteiger partial charge in [0.25, 0.3) is 0 Å². The summed E-state index contributed by atoms with van der Waals surface area (Å²) in [5.74, 6) is 0. The zero-order chi connectivity index (χ0) is 30.2. The fourth-order valence-corrected chi connectivity index (χ4v) is 7.00. The van der Waals surface area contributed by atoms with Gasteiger partial charge in [0.15, 0.2) is 0 Å². The topological polar surface area (TPSA) is 51.6 Å². The molecule has 0 aliphatic heterocycles. The molecule has 0 amide bonds. The molecule has 4 aromatic heterocycles. The van der Waals surface area contributed by atoms with Crippen molar-refractivity contribution in [3.05, 3.63) is 146 Å². The highest BCUT2D eigenvalue weighted by atomic mass is 14.8. The summed E-state index contributed by atoms with van der Waals surface area (Å²) >= 11 is 0. The summed E-state index contributed by atoms with van der Waals surface area (Å²) in [4.78, 5) is 19.9. The molecule has 0 atom stereocenters. The summed E-state index contributed by atoms with van der Waals surface area (Å²) in [5, 5.41) is 5.82. The van der Waals surface area contributed by atoms with Crippen LogP contribution < -0.4 is 0 Å². The Labute approximate surface area is 264 Å². The quantitative estimate of drug-likeness (QED) is 0.194. The molecule has 5 aromatic carbocycles. The molecule has 0 radical (unpaired) electrons. The second-order valence-electron chi connectivity index (χ2n) is 11.9. The van der Waals surface area contributed by atoms with Crippen molar-refractivity contribution in [3.63, 3.8) is 0 Å². The molecule has 0 unspecified atom stereocenters. The Morgan fingerprint density at radius 2 is 0.957 bits per heavy atom. The SMILES string of the molecule is c1cc(-c2ccc3ncccc3c2)nc(-c2ccc3ccc4ccc(-c5ccc6c(c5)-c5cccc7cccc-6c57)nc4c3n2)c1. The minimum atomic E-state index is 0.819. The van der Waals surface area contributed by atoms with E-state index < -0.39 is 0 Å². The number of pyridine rings is 4. The molecule has 0 spiro atoms. The molecule has 1 aliphatic rings. The number of aromatic nitrogens is 4. The largest absolute Gasteiger partial charge is 0.256 e. The molecule has 1 aliphatic carbocycles. The van der Waals surface area contributed by atoms with E-state index in [1.165, 1.54) is 33.0 Å². The van der Waals surface area contributed by atoms with Crippen LogP contribution in [0.25, 0.3) is 99.6 Å². The van der Waals surface area contributed by atoms with Gasteiger partial charge in [0, 0.05) is 33.5 Å². The lowest BCUT2D eigenvalue weighted by Crippen LogP contribution is -1.93. The maximum absolute atomic E-state index is 5.24. The van der Waals surface area contributed by atoms with Gasteiger partial charge in [-0.05, 0) is 81.6 Å². The lowest BCUT2D eigenvalue weighted by Gasteiger charge is -2.10. The fraction of sp³-hybridized carbons (Fsp3) is 0. The van der Waals surface area contributed by atoms with E-state index in [4.69, 9.17) is 15.0 Å². The Morgan fingerprint density at radius 1 is 0.348 bits per heavy atom. The first kappa shape index (κ1) is 25.1. The molecule has 0 fully saturated rings. The highest BCUT2D eigenvalue weighted by molar-refractivity contribution is 6.15. The number of fused-ring (bicyclic) bond motifs is 7. The Bertz CT molecular complexity index is 2710. The Hall–Kier alpha value is -6.26. The standard InChI is InChI=1S/C42H24N4/c1-5-25-6-2-9-33-34-24-30(14-18-31(34)32(8-1)40(25)33)37-20-15-26-12-13-27-16-21-39(46-42(27)41(26)45-37)38-11-3-10-36(44-38)29-17-19-35-28(23-29)7-4-22-43-35/h1-24H. The summed E-state index contributed by atoms with van der Waals surface area (Å²) in [6.45, 7) is 0. The van der Waals surface area contributed by atoms with E-state index in [1.54, 1.807) is 0 Å². The predicted octanol–water partition coefficient (Wildman–Crippen LogP) is 10.5. The van der Waals surface area contributed by atoms with Crippen LogP contribution in [0, 0.1) is 0 Å². The smallest absolute Gasteiger partial charge is 0.0973 e. The Kier molecular flexibility index (Phi) is 5.25. The summed E-state index contributed by atoms with van der Waals surface area (Å²) in [6, 6.07) is 49.0. The molecule has 212 valence electrons. The van der Waals surface area contributed by atoms with Crippen LogP contribution in [-0.4, -0.2) is 19.9 Å². The van der Waals surface area contributed by atoms with Crippen LogP contribution in [0.1, 0.15) is 0 Å². The van der Waals surface area contributed by atoms with Crippen LogP contribution >= 0.6 is 0 Å². The number of hydrogen-bond acceptors (Lipinski definition) is 4. The van der Waals surface area contributed by atoms with Gasteiger partial charge in [0.2, 0.25) is 0 Å². The maximum Gasteiger partial charge on any atom is 0.0973 e. The van der Waals surface area contributed by atoms with Crippen molar-refractivity contribution in [1.82, 2.24) is 19.9 Å². The van der Waals surface area contributed by atoms with Crippen LogP contribution in [0.3, 0.4) is 0 Å². The van der Waals surface area contributed by atoms with Crippen LogP contribution in [0.2, 0.25) is 0 Å². The van der Waals surface area contributed by atoms with Crippen molar-refractivity contribution >= 4 is 43.5 Å². The van der Waals surface area contributed by atoms with E-state index in [0.717, 1.165) is 66.6 Å². The van der Waals surface area contributed by atoms with Crippen LogP contribution in [0.5, 0.6) is 0 Å². The first-order valence-corrected chi connectivity index (χ1v) is 15.5. The molecule has 9 aromatic rings. The molecule has 46 heavy (non-hydrogen) atoms. The molecular weight excluding hydrogens is 560 g/mol. The highest BCUT2D eigenvalue weighted by Gasteiger charge is 2.21. The van der Waals surface area contributed by atoms with Crippen molar-refractivity contribution in [3.8, 4) is 56.2 Å². The number of benzene rings is 5. The molecule has 0 saturated carbocycles. The van der Waals surface area contributed by atoms with Gasteiger partial charge < -0.3 is 0 Å². The normalized spacial score (nSPS) is 11.9. The molecule has 4 nitrogen and oxygen atoms in total. The summed E-state index contributed by atoms with van der Waals surface area (Å²) in [5.41, 5.74) is 13.5. The third kappa shape index (κ3) is 3.80. The van der Waals surface area contributed by atoms with Crippen LogP contribution in [-0.2, 0) is 0 Å². The Morgan fingerprint density at radius 3 is 1.80 bits per heavy atom. The lowest BCUT2D eigenvalue weighted by atomic mass is 9.99. The third-order valence-electron chi connectivity index (χ3n) is 9.23. The summed E-state index contributed by atoms with van der Waals surface area (Å²) < 4.78 is 0.